The number of nitrogens with one attached hydrogen (secondary N) is 2. The van der Waals surface area contributed by atoms with Crippen molar-refractivity contribution in [1.29, 1.82) is 0 Å². The van der Waals surface area contributed by atoms with E-state index in [0.717, 1.165) is 12.0 Å². The fraction of sp³-hybridized carbons (Fsp3) is 0.200. The van der Waals surface area contributed by atoms with Gasteiger partial charge in [0.25, 0.3) is 0 Å². The summed E-state index contributed by atoms with van der Waals surface area (Å²) >= 11 is 6.25. The van der Waals surface area contributed by atoms with Crippen LogP contribution in [-0.2, 0) is 9.59 Å². The largest absolute Gasteiger partial charge is 0.489 e. The summed E-state index contributed by atoms with van der Waals surface area (Å²) in [4.78, 5) is 23.1. The lowest BCUT2D eigenvalue weighted by atomic mass is 10.2. The van der Waals surface area contributed by atoms with E-state index in [2.05, 4.69) is 10.6 Å². The van der Waals surface area contributed by atoms with Gasteiger partial charge in [-0.3, -0.25) is 9.59 Å². The van der Waals surface area contributed by atoms with Crippen LogP contribution in [0.4, 0.5) is 11.4 Å². The molecule has 0 saturated carbocycles. The maximum Gasteiger partial charge on any atom is 0.248 e. The van der Waals surface area contributed by atoms with Gasteiger partial charge in [0.1, 0.15) is 0 Å². The fourth-order valence-corrected chi connectivity index (χ4v) is 2.82. The molecule has 0 radical (unpaired) electrons. The Labute approximate surface area is 162 Å². The smallest absolute Gasteiger partial charge is 0.248 e. The minimum absolute atomic E-state index is 0.150. The van der Waals surface area contributed by atoms with Gasteiger partial charge in [0.05, 0.1) is 18.2 Å². The monoisotopic (exact) mass is 386 g/mol. The predicted molar refractivity (Wildman–Crippen MR) is 105 cm³/mol. The average Bonchev–Trinajstić information content (AvgIpc) is 2.87. The maximum absolute atomic E-state index is 12.1. The highest BCUT2D eigenvalue weighted by Gasteiger charge is 2.14. The third-order valence-electron chi connectivity index (χ3n) is 3.72. The first-order valence-corrected chi connectivity index (χ1v) is 8.85. The molecule has 140 valence electrons. The minimum atomic E-state index is -0.287. The SMILES string of the molecule is CC(=O)Nc1ccc(NC(=O)C=Cc2cc(Cl)c3c(c2)OCCCO3)cc1. The number of rotatable bonds is 4. The van der Waals surface area contributed by atoms with Crippen molar-refractivity contribution in [2.75, 3.05) is 23.8 Å². The summed E-state index contributed by atoms with van der Waals surface area (Å²) in [6.45, 7) is 2.56. The summed E-state index contributed by atoms with van der Waals surface area (Å²) in [5, 5.41) is 5.87. The number of halogens is 1. The zero-order valence-electron chi connectivity index (χ0n) is 14.8. The van der Waals surface area contributed by atoms with Gasteiger partial charge in [0.15, 0.2) is 11.5 Å². The van der Waals surface area contributed by atoms with E-state index in [0.29, 0.717) is 41.1 Å². The fourth-order valence-electron chi connectivity index (χ4n) is 2.54. The van der Waals surface area contributed by atoms with Crippen molar-refractivity contribution < 1.29 is 19.1 Å². The number of amides is 2. The molecule has 1 heterocycles. The summed E-state index contributed by atoms with van der Waals surface area (Å²) < 4.78 is 11.2. The number of ether oxygens (including phenoxy) is 2. The van der Waals surface area contributed by atoms with Crippen LogP contribution in [0.5, 0.6) is 11.5 Å². The molecule has 0 atom stereocenters. The second kappa shape index (κ2) is 8.60. The van der Waals surface area contributed by atoms with Gasteiger partial charge < -0.3 is 20.1 Å². The van der Waals surface area contributed by atoms with Crippen LogP contribution in [0.25, 0.3) is 6.08 Å². The number of carbonyl (C=O) groups is 2. The van der Waals surface area contributed by atoms with E-state index >= 15 is 0 Å². The Hall–Kier alpha value is -2.99. The molecular formula is C20H19ClN2O4. The molecule has 2 aromatic carbocycles. The Morgan fingerprint density at radius 2 is 1.70 bits per heavy atom. The highest BCUT2D eigenvalue weighted by atomic mass is 35.5. The van der Waals surface area contributed by atoms with Crippen molar-refractivity contribution in [3.8, 4) is 11.5 Å². The first-order chi connectivity index (χ1) is 13.0. The molecule has 0 aromatic heterocycles. The van der Waals surface area contributed by atoms with E-state index in [9.17, 15) is 9.59 Å². The lowest BCUT2D eigenvalue weighted by molar-refractivity contribution is -0.114. The van der Waals surface area contributed by atoms with Crippen LogP contribution in [0, 0.1) is 0 Å². The number of hydrogen-bond donors (Lipinski definition) is 2. The average molecular weight is 387 g/mol. The lowest BCUT2D eigenvalue weighted by Crippen LogP contribution is -2.08. The van der Waals surface area contributed by atoms with Crippen LogP contribution in [-0.4, -0.2) is 25.0 Å². The normalized spacial score (nSPS) is 13.1. The Morgan fingerprint density at radius 3 is 2.41 bits per heavy atom. The maximum atomic E-state index is 12.1. The van der Waals surface area contributed by atoms with Gasteiger partial charge in [-0.1, -0.05) is 11.6 Å². The zero-order chi connectivity index (χ0) is 19.2. The number of anilines is 2. The molecule has 2 N–H and O–H groups in total. The molecule has 0 saturated heterocycles. The molecule has 6 nitrogen and oxygen atoms in total. The molecule has 7 heteroatoms. The lowest BCUT2D eigenvalue weighted by Gasteiger charge is -2.10. The van der Waals surface area contributed by atoms with E-state index in [1.54, 1.807) is 42.5 Å². The minimum Gasteiger partial charge on any atom is -0.489 e. The standard InChI is InChI=1S/C20H19ClN2O4/c1-13(24)22-15-4-6-16(7-5-15)23-19(25)8-3-14-11-17(21)20-18(12-14)26-9-2-10-27-20/h3-8,11-12H,2,9-10H2,1H3,(H,22,24)(H,23,25). The summed E-state index contributed by atoms with van der Waals surface area (Å²) in [7, 11) is 0. The Morgan fingerprint density at radius 1 is 1.04 bits per heavy atom. The molecule has 2 aromatic rings. The topological polar surface area (TPSA) is 76.7 Å². The Kier molecular flexibility index (Phi) is 5.98. The first kappa shape index (κ1) is 18.8. The molecule has 0 spiro atoms. The van der Waals surface area contributed by atoms with Crippen LogP contribution in [0.3, 0.4) is 0 Å². The second-order valence-corrected chi connectivity index (χ2v) is 6.37. The summed E-state index contributed by atoms with van der Waals surface area (Å²) in [6, 6.07) is 10.4. The zero-order valence-corrected chi connectivity index (χ0v) is 15.5. The van der Waals surface area contributed by atoms with Gasteiger partial charge >= 0.3 is 0 Å². The van der Waals surface area contributed by atoms with Gasteiger partial charge in [-0.2, -0.15) is 0 Å². The van der Waals surface area contributed by atoms with Crippen LogP contribution < -0.4 is 20.1 Å². The van der Waals surface area contributed by atoms with Crippen LogP contribution >= 0.6 is 11.6 Å². The summed E-state index contributed by atoms with van der Waals surface area (Å²) in [5.74, 6) is 0.678. The van der Waals surface area contributed by atoms with Crippen molar-refractivity contribution in [1.82, 2.24) is 0 Å². The molecule has 0 fully saturated rings. The highest BCUT2D eigenvalue weighted by molar-refractivity contribution is 6.32. The third-order valence-corrected chi connectivity index (χ3v) is 4.01. The molecule has 27 heavy (non-hydrogen) atoms. The van der Waals surface area contributed by atoms with Gasteiger partial charge in [-0.15, -0.1) is 0 Å². The van der Waals surface area contributed by atoms with Crippen molar-refractivity contribution >= 4 is 40.9 Å². The summed E-state index contributed by atoms with van der Waals surface area (Å²) in [5.41, 5.74) is 2.02. The molecule has 0 unspecified atom stereocenters. The van der Waals surface area contributed by atoms with Crippen molar-refractivity contribution in [3.63, 3.8) is 0 Å². The van der Waals surface area contributed by atoms with Crippen LogP contribution in [0.1, 0.15) is 18.9 Å². The Balaban J connectivity index is 1.65. The summed E-state index contributed by atoms with van der Waals surface area (Å²) in [6.07, 6.45) is 3.86. The highest BCUT2D eigenvalue weighted by Crippen LogP contribution is 2.38. The Bertz CT molecular complexity index is 878. The third kappa shape index (κ3) is 5.24. The van der Waals surface area contributed by atoms with Gasteiger partial charge in [-0.05, 0) is 48.0 Å². The van der Waals surface area contributed by atoms with Crippen molar-refractivity contribution in [2.24, 2.45) is 0 Å². The van der Waals surface area contributed by atoms with Crippen molar-refractivity contribution in [2.45, 2.75) is 13.3 Å². The van der Waals surface area contributed by atoms with Gasteiger partial charge in [0.2, 0.25) is 11.8 Å². The van der Waals surface area contributed by atoms with E-state index < -0.39 is 0 Å². The molecule has 1 aliphatic rings. The van der Waals surface area contributed by atoms with E-state index in [1.165, 1.54) is 13.0 Å². The van der Waals surface area contributed by atoms with E-state index in [-0.39, 0.29) is 11.8 Å². The first-order valence-electron chi connectivity index (χ1n) is 8.47. The number of fused-ring (bicyclic) bond motifs is 1. The predicted octanol–water partition coefficient (Wildman–Crippen LogP) is 4.11. The molecule has 0 aliphatic carbocycles. The number of hydrogen-bond acceptors (Lipinski definition) is 4. The van der Waals surface area contributed by atoms with E-state index in [1.807, 2.05) is 0 Å². The van der Waals surface area contributed by atoms with Gasteiger partial charge in [0, 0.05) is 30.8 Å². The van der Waals surface area contributed by atoms with Crippen LogP contribution in [0.15, 0.2) is 42.5 Å². The number of benzene rings is 2. The molecule has 0 bridgehead atoms. The van der Waals surface area contributed by atoms with Crippen molar-refractivity contribution in [3.05, 3.63) is 53.1 Å². The van der Waals surface area contributed by atoms with Crippen LogP contribution in [0.2, 0.25) is 5.02 Å². The second-order valence-electron chi connectivity index (χ2n) is 5.96. The molecule has 2 amide bonds. The molecule has 1 aliphatic heterocycles. The molecule has 3 rings (SSSR count). The van der Waals surface area contributed by atoms with E-state index in [4.69, 9.17) is 21.1 Å². The number of carbonyl (C=O) groups excluding carboxylic acids is 2. The van der Waals surface area contributed by atoms with Gasteiger partial charge in [-0.25, -0.2) is 0 Å². The molecular weight excluding hydrogens is 368 g/mol. The quantitative estimate of drug-likeness (QED) is 0.775.